The van der Waals surface area contributed by atoms with Gasteiger partial charge >= 0.3 is 0 Å². The normalized spacial score (nSPS) is 12.2. The van der Waals surface area contributed by atoms with Crippen molar-refractivity contribution < 1.29 is 4.79 Å². The van der Waals surface area contributed by atoms with E-state index >= 15 is 0 Å². The number of fused-ring (bicyclic) bond motifs is 1. The molecule has 0 saturated heterocycles. The van der Waals surface area contributed by atoms with Gasteiger partial charge in [-0.25, -0.2) is 4.98 Å². The van der Waals surface area contributed by atoms with Crippen LogP contribution in [0.5, 0.6) is 0 Å². The van der Waals surface area contributed by atoms with Gasteiger partial charge in [-0.1, -0.05) is 12.1 Å². The molecule has 3 aromatic rings. The van der Waals surface area contributed by atoms with Gasteiger partial charge in [0.15, 0.2) is 0 Å². The van der Waals surface area contributed by atoms with Crippen molar-refractivity contribution in [3.63, 3.8) is 0 Å². The Labute approximate surface area is 132 Å². The summed E-state index contributed by atoms with van der Waals surface area (Å²) in [5, 5.41) is 2.97. The highest BCUT2D eigenvalue weighted by Gasteiger charge is 2.13. The van der Waals surface area contributed by atoms with E-state index in [-0.39, 0.29) is 11.2 Å². The van der Waals surface area contributed by atoms with Crippen LogP contribution in [0.1, 0.15) is 18.0 Å². The topological polar surface area (TPSA) is 70.7 Å². The van der Waals surface area contributed by atoms with Crippen molar-refractivity contribution in [2.75, 3.05) is 11.1 Å². The smallest absolute Gasteiger partial charge is 0.234 e. The molecule has 2 N–H and O–H groups in total. The number of anilines is 1. The first-order valence-corrected chi connectivity index (χ1v) is 8.03. The van der Waals surface area contributed by atoms with Gasteiger partial charge in [-0.15, -0.1) is 11.8 Å². The van der Waals surface area contributed by atoms with Crippen molar-refractivity contribution in [1.29, 1.82) is 0 Å². The Balaban J connectivity index is 1.57. The van der Waals surface area contributed by atoms with Gasteiger partial charge in [0.25, 0.3) is 0 Å². The van der Waals surface area contributed by atoms with Gasteiger partial charge in [-0.05, 0) is 31.2 Å². The molecule has 0 radical (unpaired) electrons. The Kier molecular flexibility index (Phi) is 4.39. The molecule has 6 heteroatoms. The minimum atomic E-state index is -0.0286. The molecule has 112 valence electrons. The van der Waals surface area contributed by atoms with Crippen molar-refractivity contribution in [1.82, 2.24) is 15.0 Å². The van der Waals surface area contributed by atoms with Gasteiger partial charge in [0.2, 0.25) is 5.91 Å². The number of nitrogens with zero attached hydrogens (tertiary/aromatic N) is 2. The van der Waals surface area contributed by atoms with E-state index in [1.54, 1.807) is 36.3 Å². The maximum Gasteiger partial charge on any atom is 0.234 e. The summed E-state index contributed by atoms with van der Waals surface area (Å²) in [6, 6.07) is 11.5. The third kappa shape index (κ3) is 3.46. The molecule has 1 aromatic carbocycles. The minimum Gasteiger partial charge on any atom is -0.341 e. The molecule has 0 aliphatic rings. The van der Waals surface area contributed by atoms with Crippen molar-refractivity contribution in [3.05, 3.63) is 54.6 Å². The minimum absolute atomic E-state index is 0.0286. The Bertz CT molecular complexity index is 739. The van der Waals surface area contributed by atoms with E-state index in [0.717, 1.165) is 22.5 Å². The van der Waals surface area contributed by atoms with Crippen LogP contribution in [-0.4, -0.2) is 26.6 Å². The lowest BCUT2D eigenvalue weighted by Gasteiger charge is -2.08. The number of hydrogen-bond donors (Lipinski definition) is 2. The molecular formula is C16H16N4OS. The summed E-state index contributed by atoms with van der Waals surface area (Å²) >= 11 is 1.55. The zero-order chi connectivity index (χ0) is 15.4. The number of hydrogen-bond acceptors (Lipinski definition) is 4. The maximum atomic E-state index is 11.9. The van der Waals surface area contributed by atoms with Crippen LogP contribution in [0.3, 0.4) is 0 Å². The molecule has 2 aromatic heterocycles. The largest absolute Gasteiger partial charge is 0.341 e. The second-order valence-electron chi connectivity index (χ2n) is 4.88. The van der Waals surface area contributed by atoms with Crippen molar-refractivity contribution >= 4 is 34.4 Å². The number of para-hydroxylation sites is 2. The van der Waals surface area contributed by atoms with E-state index in [0.29, 0.717) is 5.75 Å². The molecule has 22 heavy (non-hydrogen) atoms. The van der Waals surface area contributed by atoms with Gasteiger partial charge in [-0.3, -0.25) is 9.78 Å². The summed E-state index contributed by atoms with van der Waals surface area (Å²) in [7, 11) is 0. The van der Waals surface area contributed by atoms with Crippen LogP contribution in [0.2, 0.25) is 0 Å². The number of carbonyl (C=O) groups is 1. The van der Waals surface area contributed by atoms with Crippen molar-refractivity contribution in [2.24, 2.45) is 0 Å². The quantitative estimate of drug-likeness (QED) is 0.757. The SMILES string of the molecule is CC(SCC(=O)Nc1ccncc1)c1nc2ccccc2[nH]1. The lowest BCUT2D eigenvalue weighted by molar-refractivity contribution is -0.113. The number of amides is 1. The fourth-order valence-electron chi connectivity index (χ4n) is 2.08. The molecule has 1 atom stereocenters. The molecule has 1 unspecified atom stereocenters. The molecular weight excluding hydrogens is 296 g/mol. The molecule has 0 aliphatic heterocycles. The summed E-state index contributed by atoms with van der Waals surface area (Å²) in [5.41, 5.74) is 2.73. The number of rotatable bonds is 5. The first kappa shape index (κ1) is 14.6. The fraction of sp³-hybridized carbons (Fsp3) is 0.188. The first-order valence-electron chi connectivity index (χ1n) is 6.98. The van der Waals surface area contributed by atoms with Crippen LogP contribution >= 0.6 is 11.8 Å². The molecule has 3 rings (SSSR count). The van der Waals surface area contributed by atoms with E-state index in [9.17, 15) is 4.79 Å². The lowest BCUT2D eigenvalue weighted by atomic mass is 10.3. The predicted molar refractivity (Wildman–Crippen MR) is 89.8 cm³/mol. The van der Waals surface area contributed by atoms with Gasteiger partial charge in [-0.2, -0.15) is 0 Å². The number of aromatic amines is 1. The highest BCUT2D eigenvalue weighted by atomic mass is 32.2. The zero-order valence-corrected chi connectivity index (χ0v) is 12.9. The van der Waals surface area contributed by atoms with Gasteiger partial charge in [0.05, 0.1) is 22.0 Å². The summed E-state index contributed by atoms with van der Waals surface area (Å²) in [6.45, 7) is 2.04. The molecule has 2 heterocycles. The number of imidazole rings is 1. The third-order valence-electron chi connectivity index (χ3n) is 3.22. The number of aromatic nitrogens is 3. The standard InChI is InChI=1S/C16H16N4OS/c1-11(16-19-13-4-2-3-5-14(13)20-16)22-10-15(21)18-12-6-8-17-9-7-12/h2-9,11H,10H2,1H3,(H,19,20)(H,17,18,21). The molecule has 0 aliphatic carbocycles. The van der Waals surface area contributed by atoms with E-state index in [2.05, 4.69) is 20.3 Å². The fourth-order valence-corrected chi connectivity index (χ4v) is 2.82. The third-order valence-corrected chi connectivity index (χ3v) is 4.37. The maximum absolute atomic E-state index is 11.9. The molecule has 0 spiro atoms. The molecule has 0 saturated carbocycles. The van der Waals surface area contributed by atoms with Crippen molar-refractivity contribution in [2.45, 2.75) is 12.2 Å². The number of pyridine rings is 1. The van der Waals surface area contributed by atoms with Crippen LogP contribution in [0, 0.1) is 0 Å². The predicted octanol–water partition coefficient (Wildman–Crippen LogP) is 3.39. The van der Waals surface area contributed by atoms with Crippen LogP contribution in [-0.2, 0) is 4.79 Å². The van der Waals surface area contributed by atoms with Gasteiger partial charge < -0.3 is 10.3 Å². The Hall–Kier alpha value is -2.34. The highest BCUT2D eigenvalue weighted by molar-refractivity contribution is 8.00. The highest BCUT2D eigenvalue weighted by Crippen LogP contribution is 2.27. The first-order chi connectivity index (χ1) is 10.7. The van der Waals surface area contributed by atoms with Gasteiger partial charge in [0.1, 0.15) is 5.82 Å². The average molecular weight is 312 g/mol. The van der Waals surface area contributed by atoms with Crippen LogP contribution in [0.4, 0.5) is 5.69 Å². The summed E-state index contributed by atoms with van der Waals surface area (Å²) < 4.78 is 0. The molecule has 0 bridgehead atoms. The summed E-state index contributed by atoms with van der Waals surface area (Å²) in [5.74, 6) is 1.24. The van der Waals surface area contributed by atoms with E-state index in [4.69, 9.17) is 0 Å². The van der Waals surface area contributed by atoms with Crippen LogP contribution in [0.15, 0.2) is 48.8 Å². The number of nitrogens with one attached hydrogen (secondary N) is 2. The van der Waals surface area contributed by atoms with E-state index < -0.39 is 0 Å². The second-order valence-corrected chi connectivity index (χ2v) is 6.21. The lowest BCUT2D eigenvalue weighted by Crippen LogP contribution is -2.14. The van der Waals surface area contributed by atoms with Crippen LogP contribution in [0.25, 0.3) is 11.0 Å². The number of H-pyrrole nitrogens is 1. The van der Waals surface area contributed by atoms with Gasteiger partial charge in [0, 0.05) is 18.1 Å². The van der Waals surface area contributed by atoms with Crippen LogP contribution < -0.4 is 5.32 Å². The molecule has 1 amide bonds. The molecule has 5 nitrogen and oxygen atoms in total. The summed E-state index contributed by atoms with van der Waals surface area (Å²) in [6.07, 6.45) is 3.31. The Morgan fingerprint density at radius 1 is 1.27 bits per heavy atom. The second kappa shape index (κ2) is 6.62. The Morgan fingerprint density at radius 2 is 2.05 bits per heavy atom. The zero-order valence-electron chi connectivity index (χ0n) is 12.1. The van der Waals surface area contributed by atoms with E-state index in [1.165, 1.54) is 0 Å². The Morgan fingerprint density at radius 3 is 2.82 bits per heavy atom. The monoisotopic (exact) mass is 312 g/mol. The number of thioether (sulfide) groups is 1. The molecule has 0 fully saturated rings. The number of benzene rings is 1. The average Bonchev–Trinajstić information content (AvgIpc) is 2.98. The summed E-state index contributed by atoms with van der Waals surface area (Å²) in [4.78, 5) is 23.7. The van der Waals surface area contributed by atoms with E-state index in [1.807, 2.05) is 31.2 Å². The number of carbonyl (C=O) groups excluding carboxylic acids is 1. The van der Waals surface area contributed by atoms with Crippen molar-refractivity contribution in [3.8, 4) is 0 Å².